The van der Waals surface area contributed by atoms with E-state index in [0.29, 0.717) is 0 Å². The fourth-order valence-electron chi connectivity index (χ4n) is 1.48. The molecule has 0 aromatic carbocycles. The van der Waals surface area contributed by atoms with Crippen LogP contribution in [0.4, 0.5) is 0 Å². The third-order valence-corrected chi connectivity index (χ3v) is 2.06. The van der Waals surface area contributed by atoms with Crippen LogP contribution in [0, 0.1) is 0 Å². The molecule has 0 amide bonds. The first-order valence-corrected chi connectivity index (χ1v) is 4.25. The SMILES string of the molecule is C1CC[C@@H](C2=NCCO2)OC1. The van der Waals surface area contributed by atoms with Crippen molar-refractivity contribution in [1.29, 1.82) is 0 Å². The summed E-state index contributed by atoms with van der Waals surface area (Å²) >= 11 is 0. The molecule has 62 valence electrons. The number of ether oxygens (including phenoxy) is 2. The molecule has 1 atom stereocenters. The molecule has 0 aromatic rings. The van der Waals surface area contributed by atoms with Gasteiger partial charge in [0.25, 0.3) is 0 Å². The van der Waals surface area contributed by atoms with Crippen molar-refractivity contribution in [3.63, 3.8) is 0 Å². The second-order valence-corrected chi connectivity index (χ2v) is 2.92. The Labute approximate surface area is 66.4 Å². The van der Waals surface area contributed by atoms with Gasteiger partial charge in [-0.2, -0.15) is 0 Å². The van der Waals surface area contributed by atoms with Gasteiger partial charge in [0.2, 0.25) is 5.90 Å². The minimum atomic E-state index is 0.172. The van der Waals surface area contributed by atoms with Gasteiger partial charge in [0.05, 0.1) is 6.54 Å². The molecule has 2 aliphatic rings. The van der Waals surface area contributed by atoms with E-state index in [2.05, 4.69) is 4.99 Å². The van der Waals surface area contributed by atoms with Crippen LogP contribution in [0.5, 0.6) is 0 Å². The Morgan fingerprint density at radius 1 is 1.27 bits per heavy atom. The summed E-state index contributed by atoms with van der Waals surface area (Å²) in [6, 6.07) is 0. The maximum atomic E-state index is 5.51. The molecule has 0 saturated carbocycles. The molecule has 0 N–H and O–H groups in total. The molecule has 2 aliphatic heterocycles. The molecule has 3 heteroatoms. The van der Waals surface area contributed by atoms with Crippen molar-refractivity contribution in [3.8, 4) is 0 Å². The van der Waals surface area contributed by atoms with Gasteiger partial charge >= 0.3 is 0 Å². The van der Waals surface area contributed by atoms with Gasteiger partial charge in [-0.15, -0.1) is 0 Å². The maximum Gasteiger partial charge on any atom is 0.213 e. The third kappa shape index (κ3) is 1.53. The van der Waals surface area contributed by atoms with Crippen LogP contribution in [0.1, 0.15) is 19.3 Å². The average molecular weight is 155 g/mol. The predicted molar refractivity (Wildman–Crippen MR) is 41.8 cm³/mol. The summed E-state index contributed by atoms with van der Waals surface area (Å²) in [6.45, 7) is 2.43. The number of aliphatic imine (C=N–C) groups is 1. The topological polar surface area (TPSA) is 30.8 Å². The van der Waals surface area contributed by atoms with E-state index in [4.69, 9.17) is 9.47 Å². The first-order chi connectivity index (χ1) is 5.47. The molecule has 0 aromatic heterocycles. The van der Waals surface area contributed by atoms with Gasteiger partial charge in [0.15, 0.2) is 0 Å². The van der Waals surface area contributed by atoms with Crippen molar-refractivity contribution in [2.24, 2.45) is 4.99 Å². The van der Waals surface area contributed by atoms with Gasteiger partial charge in [0, 0.05) is 6.61 Å². The highest BCUT2D eigenvalue weighted by Gasteiger charge is 2.23. The molecule has 1 fully saturated rings. The molecule has 0 bridgehead atoms. The van der Waals surface area contributed by atoms with E-state index in [1.807, 2.05) is 0 Å². The zero-order valence-electron chi connectivity index (χ0n) is 6.58. The second-order valence-electron chi connectivity index (χ2n) is 2.92. The van der Waals surface area contributed by atoms with Crippen LogP contribution in [0.3, 0.4) is 0 Å². The molecule has 11 heavy (non-hydrogen) atoms. The molecular formula is C8H13NO2. The summed E-state index contributed by atoms with van der Waals surface area (Å²) in [4.78, 5) is 4.23. The van der Waals surface area contributed by atoms with Gasteiger partial charge in [0.1, 0.15) is 12.7 Å². The van der Waals surface area contributed by atoms with Crippen molar-refractivity contribution in [2.45, 2.75) is 25.4 Å². The molecule has 3 nitrogen and oxygen atoms in total. The quantitative estimate of drug-likeness (QED) is 0.565. The number of hydrogen-bond donors (Lipinski definition) is 0. The lowest BCUT2D eigenvalue weighted by Crippen LogP contribution is -2.28. The second kappa shape index (κ2) is 3.22. The smallest absolute Gasteiger partial charge is 0.213 e. The van der Waals surface area contributed by atoms with E-state index in [1.54, 1.807) is 0 Å². The Morgan fingerprint density at radius 2 is 2.27 bits per heavy atom. The summed E-state index contributed by atoms with van der Waals surface area (Å²) < 4.78 is 10.8. The number of rotatable bonds is 1. The monoisotopic (exact) mass is 155 g/mol. The molecule has 2 heterocycles. The lowest BCUT2D eigenvalue weighted by atomic mass is 10.1. The van der Waals surface area contributed by atoms with Gasteiger partial charge in [-0.1, -0.05) is 0 Å². The average Bonchev–Trinajstić information content (AvgIpc) is 2.58. The Balaban J connectivity index is 1.92. The van der Waals surface area contributed by atoms with Crippen LogP contribution >= 0.6 is 0 Å². The Kier molecular flexibility index (Phi) is 2.08. The van der Waals surface area contributed by atoms with Crippen LogP contribution in [-0.4, -0.2) is 31.8 Å². The van der Waals surface area contributed by atoms with E-state index in [-0.39, 0.29) is 6.10 Å². The minimum Gasteiger partial charge on any atom is -0.477 e. The lowest BCUT2D eigenvalue weighted by molar-refractivity contribution is 0.0452. The van der Waals surface area contributed by atoms with Crippen LogP contribution in [0.15, 0.2) is 4.99 Å². The van der Waals surface area contributed by atoms with Crippen LogP contribution in [0.2, 0.25) is 0 Å². The van der Waals surface area contributed by atoms with Crippen molar-refractivity contribution in [2.75, 3.05) is 19.8 Å². The van der Waals surface area contributed by atoms with E-state index < -0.39 is 0 Å². The Hall–Kier alpha value is -0.570. The Bertz CT molecular complexity index is 161. The van der Waals surface area contributed by atoms with Gasteiger partial charge in [-0.3, -0.25) is 0 Å². The zero-order valence-corrected chi connectivity index (χ0v) is 6.58. The van der Waals surface area contributed by atoms with Gasteiger partial charge in [-0.05, 0) is 19.3 Å². The highest BCUT2D eigenvalue weighted by molar-refractivity contribution is 5.82. The Morgan fingerprint density at radius 3 is 2.91 bits per heavy atom. The number of hydrogen-bond acceptors (Lipinski definition) is 3. The summed E-state index contributed by atoms with van der Waals surface area (Å²) in [7, 11) is 0. The fourth-order valence-corrected chi connectivity index (χ4v) is 1.48. The van der Waals surface area contributed by atoms with Crippen molar-refractivity contribution in [3.05, 3.63) is 0 Å². The zero-order chi connectivity index (χ0) is 7.52. The molecule has 1 saturated heterocycles. The van der Waals surface area contributed by atoms with Crippen LogP contribution in [0.25, 0.3) is 0 Å². The van der Waals surface area contributed by atoms with Gasteiger partial charge < -0.3 is 9.47 Å². The maximum absolute atomic E-state index is 5.51. The van der Waals surface area contributed by atoms with Crippen LogP contribution in [-0.2, 0) is 9.47 Å². The van der Waals surface area contributed by atoms with E-state index in [0.717, 1.165) is 32.1 Å². The highest BCUT2D eigenvalue weighted by Crippen LogP contribution is 2.16. The van der Waals surface area contributed by atoms with E-state index in [1.165, 1.54) is 12.8 Å². The molecule has 2 rings (SSSR count). The van der Waals surface area contributed by atoms with Crippen molar-refractivity contribution in [1.82, 2.24) is 0 Å². The molecule has 0 aliphatic carbocycles. The standard InChI is InChI=1S/C8H13NO2/c1-2-5-10-7(3-1)8-9-4-6-11-8/h7H,1-6H2/t7-/m0/s1. The van der Waals surface area contributed by atoms with Crippen LogP contribution < -0.4 is 0 Å². The summed E-state index contributed by atoms with van der Waals surface area (Å²) in [5.41, 5.74) is 0. The van der Waals surface area contributed by atoms with E-state index >= 15 is 0 Å². The molecule has 0 spiro atoms. The third-order valence-electron chi connectivity index (χ3n) is 2.06. The highest BCUT2D eigenvalue weighted by atomic mass is 16.5. The first kappa shape index (κ1) is 7.10. The molecular weight excluding hydrogens is 142 g/mol. The first-order valence-electron chi connectivity index (χ1n) is 4.25. The largest absolute Gasteiger partial charge is 0.477 e. The fraction of sp³-hybridized carbons (Fsp3) is 0.875. The lowest BCUT2D eigenvalue weighted by Gasteiger charge is -2.21. The molecule has 0 unspecified atom stereocenters. The summed E-state index contributed by atoms with van der Waals surface area (Å²) in [5, 5.41) is 0. The van der Waals surface area contributed by atoms with Crippen molar-refractivity contribution < 1.29 is 9.47 Å². The molecule has 0 radical (unpaired) electrons. The predicted octanol–water partition coefficient (Wildman–Crippen LogP) is 0.984. The normalized spacial score (nSPS) is 31.3. The summed E-state index contributed by atoms with van der Waals surface area (Å²) in [6.07, 6.45) is 3.68. The number of nitrogens with zero attached hydrogens (tertiary/aromatic N) is 1. The van der Waals surface area contributed by atoms with Gasteiger partial charge in [-0.25, -0.2) is 4.99 Å². The summed E-state index contributed by atoms with van der Waals surface area (Å²) in [5.74, 6) is 0.838. The van der Waals surface area contributed by atoms with E-state index in [9.17, 15) is 0 Å². The van der Waals surface area contributed by atoms with Crippen molar-refractivity contribution >= 4 is 5.90 Å². The minimum absolute atomic E-state index is 0.172.